The number of hydrogen-bond donors (Lipinski definition) is 3. The van der Waals surface area contributed by atoms with E-state index in [0.717, 1.165) is 38.5 Å². The van der Waals surface area contributed by atoms with Gasteiger partial charge in [-0.15, -0.1) is 0 Å². The normalized spacial score (nSPS) is 25.7. The first-order valence-electron chi connectivity index (χ1n) is 7.33. The molecule has 106 valence electrons. The van der Waals surface area contributed by atoms with Gasteiger partial charge in [-0.25, -0.2) is 0 Å². The molecule has 1 rings (SSSR count). The predicted octanol–water partition coefficient (Wildman–Crippen LogP) is 1.56. The summed E-state index contributed by atoms with van der Waals surface area (Å²) < 4.78 is 0. The summed E-state index contributed by atoms with van der Waals surface area (Å²) in [6.07, 6.45) is 6.98. The SMILES string of the molecule is CCC(CCN)CCC(=O)NC1CCCC(O)C1. The van der Waals surface area contributed by atoms with Gasteiger partial charge in [-0.05, 0) is 51.0 Å². The monoisotopic (exact) mass is 256 g/mol. The molecule has 0 heterocycles. The summed E-state index contributed by atoms with van der Waals surface area (Å²) in [5, 5.41) is 12.6. The Morgan fingerprint density at radius 2 is 2.22 bits per heavy atom. The smallest absolute Gasteiger partial charge is 0.220 e. The molecule has 1 amide bonds. The second-order valence-corrected chi connectivity index (χ2v) is 5.48. The molecule has 4 N–H and O–H groups in total. The van der Waals surface area contributed by atoms with Crippen molar-refractivity contribution < 1.29 is 9.90 Å². The molecule has 0 bridgehead atoms. The third kappa shape index (κ3) is 5.83. The number of rotatable bonds is 7. The van der Waals surface area contributed by atoms with Crippen LogP contribution in [-0.2, 0) is 4.79 Å². The van der Waals surface area contributed by atoms with Crippen LogP contribution in [0.3, 0.4) is 0 Å². The van der Waals surface area contributed by atoms with E-state index in [2.05, 4.69) is 12.2 Å². The second-order valence-electron chi connectivity index (χ2n) is 5.48. The van der Waals surface area contributed by atoms with Gasteiger partial charge in [0, 0.05) is 12.5 Å². The van der Waals surface area contributed by atoms with Gasteiger partial charge in [0.25, 0.3) is 0 Å². The lowest BCUT2D eigenvalue weighted by molar-refractivity contribution is -0.122. The zero-order valence-electron chi connectivity index (χ0n) is 11.5. The maximum Gasteiger partial charge on any atom is 0.220 e. The Hall–Kier alpha value is -0.610. The van der Waals surface area contributed by atoms with E-state index in [0.29, 0.717) is 25.3 Å². The predicted molar refractivity (Wildman–Crippen MR) is 73.1 cm³/mol. The van der Waals surface area contributed by atoms with Crippen molar-refractivity contribution in [2.24, 2.45) is 11.7 Å². The molecule has 4 nitrogen and oxygen atoms in total. The van der Waals surface area contributed by atoms with E-state index in [4.69, 9.17) is 5.73 Å². The molecule has 0 aromatic heterocycles. The average Bonchev–Trinajstić information content (AvgIpc) is 2.34. The van der Waals surface area contributed by atoms with E-state index < -0.39 is 0 Å². The summed E-state index contributed by atoms with van der Waals surface area (Å²) >= 11 is 0. The van der Waals surface area contributed by atoms with Gasteiger partial charge in [0.05, 0.1) is 6.10 Å². The van der Waals surface area contributed by atoms with Crippen LogP contribution in [0.25, 0.3) is 0 Å². The van der Waals surface area contributed by atoms with E-state index in [1.807, 2.05) is 0 Å². The van der Waals surface area contributed by atoms with E-state index in [-0.39, 0.29) is 18.1 Å². The Labute approximate surface area is 110 Å². The first-order chi connectivity index (χ1) is 8.65. The van der Waals surface area contributed by atoms with E-state index >= 15 is 0 Å². The molecule has 1 fully saturated rings. The van der Waals surface area contributed by atoms with Crippen LogP contribution in [0.15, 0.2) is 0 Å². The highest BCUT2D eigenvalue weighted by Crippen LogP contribution is 2.19. The molecule has 0 aliphatic heterocycles. The molecular formula is C14H28N2O2. The fourth-order valence-corrected chi connectivity index (χ4v) is 2.72. The number of carbonyl (C=O) groups is 1. The van der Waals surface area contributed by atoms with E-state index in [1.54, 1.807) is 0 Å². The van der Waals surface area contributed by atoms with Crippen molar-refractivity contribution in [1.29, 1.82) is 0 Å². The molecule has 3 atom stereocenters. The molecule has 0 saturated heterocycles. The summed E-state index contributed by atoms with van der Waals surface area (Å²) in [7, 11) is 0. The summed E-state index contributed by atoms with van der Waals surface area (Å²) in [4.78, 5) is 11.8. The number of aliphatic hydroxyl groups is 1. The minimum absolute atomic E-state index is 0.129. The summed E-state index contributed by atoms with van der Waals surface area (Å²) in [5.41, 5.74) is 5.55. The third-order valence-electron chi connectivity index (χ3n) is 3.94. The molecule has 18 heavy (non-hydrogen) atoms. The van der Waals surface area contributed by atoms with Crippen LogP contribution in [0.4, 0.5) is 0 Å². The van der Waals surface area contributed by atoms with Gasteiger partial charge in [0.2, 0.25) is 5.91 Å². The lowest BCUT2D eigenvalue weighted by atomic mass is 9.92. The lowest BCUT2D eigenvalue weighted by Crippen LogP contribution is -2.39. The summed E-state index contributed by atoms with van der Waals surface area (Å²) in [6, 6.07) is 0.177. The molecule has 0 radical (unpaired) electrons. The summed E-state index contributed by atoms with van der Waals surface area (Å²) in [5.74, 6) is 0.697. The number of nitrogens with two attached hydrogens (primary N) is 1. The van der Waals surface area contributed by atoms with Crippen LogP contribution >= 0.6 is 0 Å². The van der Waals surface area contributed by atoms with Crippen LogP contribution in [0.5, 0.6) is 0 Å². The zero-order chi connectivity index (χ0) is 13.4. The highest BCUT2D eigenvalue weighted by molar-refractivity contribution is 5.76. The van der Waals surface area contributed by atoms with Gasteiger partial charge < -0.3 is 16.2 Å². The minimum Gasteiger partial charge on any atom is -0.393 e. The van der Waals surface area contributed by atoms with Crippen LogP contribution < -0.4 is 11.1 Å². The Morgan fingerprint density at radius 3 is 2.83 bits per heavy atom. The van der Waals surface area contributed by atoms with Crippen LogP contribution in [0.1, 0.15) is 58.3 Å². The molecular weight excluding hydrogens is 228 g/mol. The molecule has 1 saturated carbocycles. The van der Waals surface area contributed by atoms with Gasteiger partial charge >= 0.3 is 0 Å². The largest absolute Gasteiger partial charge is 0.393 e. The molecule has 1 aliphatic carbocycles. The van der Waals surface area contributed by atoms with E-state index in [1.165, 1.54) is 0 Å². The minimum atomic E-state index is -0.232. The number of aliphatic hydroxyl groups excluding tert-OH is 1. The fourth-order valence-electron chi connectivity index (χ4n) is 2.72. The third-order valence-corrected chi connectivity index (χ3v) is 3.94. The molecule has 0 spiro atoms. The molecule has 3 unspecified atom stereocenters. The van der Waals surface area contributed by atoms with Crippen LogP contribution in [0, 0.1) is 5.92 Å². The molecule has 4 heteroatoms. The standard InChI is InChI=1S/C14H28N2O2/c1-2-11(8-9-15)6-7-14(18)16-12-4-3-5-13(17)10-12/h11-13,17H,2-10,15H2,1H3,(H,16,18). The Balaban J connectivity index is 2.20. The highest BCUT2D eigenvalue weighted by atomic mass is 16.3. The number of carbonyl (C=O) groups excluding carboxylic acids is 1. The Morgan fingerprint density at radius 1 is 1.44 bits per heavy atom. The van der Waals surface area contributed by atoms with Gasteiger partial charge in [-0.1, -0.05) is 13.3 Å². The zero-order valence-corrected chi connectivity index (χ0v) is 11.5. The van der Waals surface area contributed by atoms with Crippen LogP contribution in [0.2, 0.25) is 0 Å². The number of nitrogens with one attached hydrogen (secondary N) is 1. The van der Waals surface area contributed by atoms with E-state index in [9.17, 15) is 9.90 Å². The van der Waals surface area contributed by atoms with Crippen LogP contribution in [-0.4, -0.2) is 29.7 Å². The lowest BCUT2D eigenvalue weighted by Gasteiger charge is -2.26. The number of hydrogen-bond acceptors (Lipinski definition) is 3. The van der Waals surface area contributed by atoms with Gasteiger partial charge in [0.15, 0.2) is 0 Å². The first-order valence-corrected chi connectivity index (χ1v) is 7.33. The van der Waals surface area contributed by atoms with Crippen molar-refractivity contribution >= 4 is 5.91 Å². The van der Waals surface area contributed by atoms with Crippen molar-refractivity contribution in [2.75, 3.05) is 6.54 Å². The van der Waals surface area contributed by atoms with Gasteiger partial charge in [-0.3, -0.25) is 4.79 Å². The maximum absolute atomic E-state index is 11.8. The Bertz CT molecular complexity index is 246. The molecule has 0 aromatic carbocycles. The Kier molecular flexibility index (Phi) is 7.28. The first kappa shape index (κ1) is 15.4. The highest BCUT2D eigenvalue weighted by Gasteiger charge is 2.21. The average molecular weight is 256 g/mol. The van der Waals surface area contributed by atoms with Crippen molar-refractivity contribution in [3.05, 3.63) is 0 Å². The molecule has 1 aliphatic rings. The van der Waals surface area contributed by atoms with Gasteiger partial charge in [0.1, 0.15) is 0 Å². The fraction of sp³-hybridized carbons (Fsp3) is 0.929. The quantitative estimate of drug-likeness (QED) is 0.647. The topological polar surface area (TPSA) is 75.4 Å². The van der Waals surface area contributed by atoms with Crippen molar-refractivity contribution in [3.63, 3.8) is 0 Å². The van der Waals surface area contributed by atoms with Crippen molar-refractivity contribution in [2.45, 2.75) is 70.4 Å². The van der Waals surface area contributed by atoms with Crippen molar-refractivity contribution in [1.82, 2.24) is 5.32 Å². The van der Waals surface area contributed by atoms with Gasteiger partial charge in [-0.2, -0.15) is 0 Å². The number of amides is 1. The second kappa shape index (κ2) is 8.48. The maximum atomic E-state index is 11.8. The summed E-state index contributed by atoms with van der Waals surface area (Å²) in [6.45, 7) is 2.85. The van der Waals surface area contributed by atoms with Crippen molar-refractivity contribution in [3.8, 4) is 0 Å². The molecule has 0 aromatic rings.